The van der Waals surface area contributed by atoms with Gasteiger partial charge in [-0.1, -0.05) is 48.5 Å². The number of benzene rings is 3. The number of nitrogens with zero attached hydrogens (tertiary/aromatic N) is 3. The Balaban J connectivity index is 1.82. The molecule has 0 atom stereocenters. The Morgan fingerprint density at radius 3 is 2.58 bits per heavy atom. The van der Waals surface area contributed by atoms with Crippen molar-refractivity contribution in [3.8, 4) is 6.07 Å². The molecule has 0 aliphatic carbocycles. The van der Waals surface area contributed by atoms with Crippen molar-refractivity contribution in [1.82, 2.24) is 4.57 Å². The van der Waals surface area contributed by atoms with Crippen LogP contribution in [0.5, 0.6) is 0 Å². The maximum absolute atomic E-state index is 14.3. The lowest BCUT2D eigenvalue weighted by Crippen LogP contribution is -2.04. The van der Waals surface area contributed by atoms with E-state index in [1.165, 1.54) is 30.3 Å². The third-order valence-electron chi connectivity index (χ3n) is 5.54. The number of non-ortho nitro benzene ring substituents is 1. The van der Waals surface area contributed by atoms with Crippen molar-refractivity contribution in [2.75, 3.05) is 0 Å². The number of ketones is 1. The van der Waals surface area contributed by atoms with Gasteiger partial charge >= 0.3 is 0 Å². The summed E-state index contributed by atoms with van der Waals surface area (Å²) in [5, 5.41) is 21.6. The minimum absolute atomic E-state index is 0.0600. The summed E-state index contributed by atoms with van der Waals surface area (Å²) in [5.41, 5.74) is 2.47. The van der Waals surface area contributed by atoms with Gasteiger partial charge in [-0.3, -0.25) is 14.9 Å². The Morgan fingerprint density at radius 2 is 1.85 bits per heavy atom. The number of halogens is 1. The number of carbonyl (C=O) groups excluding carboxylic acids is 1. The van der Waals surface area contributed by atoms with E-state index < -0.39 is 10.7 Å². The maximum Gasteiger partial charge on any atom is 0.270 e. The molecular formula is C26H18FN3O3. The van der Waals surface area contributed by atoms with Gasteiger partial charge in [-0.25, -0.2) is 4.39 Å². The molecule has 3 aromatic carbocycles. The van der Waals surface area contributed by atoms with E-state index in [0.29, 0.717) is 11.1 Å². The van der Waals surface area contributed by atoms with Gasteiger partial charge in [-0.15, -0.1) is 0 Å². The molecule has 0 aliphatic heterocycles. The fraction of sp³-hybridized carbons (Fsp3) is 0.0769. The average molecular weight is 439 g/mol. The van der Waals surface area contributed by atoms with Crippen LogP contribution >= 0.6 is 0 Å². The molecule has 33 heavy (non-hydrogen) atoms. The van der Waals surface area contributed by atoms with Crippen molar-refractivity contribution in [3.63, 3.8) is 0 Å². The first-order valence-corrected chi connectivity index (χ1v) is 10.1. The van der Waals surface area contributed by atoms with Crippen LogP contribution < -0.4 is 0 Å². The fourth-order valence-corrected chi connectivity index (χ4v) is 3.85. The van der Waals surface area contributed by atoms with E-state index >= 15 is 0 Å². The molecule has 0 saturated carbocycles. The lowest BCUT2D eigenvalue weighted by molar-refractivity contribution is -0.384. The van der Waals surface area contributed by atoms with Crippen LogP contribution in [-0.2, 0) is 6.54 Å². The second kappa shape index (κ2) is 8.89. The van der Waals surface area contributed by atoms with E-state index in [1.807, 2.05) is 41.8 Å². The molecule has 0 unspecified atom stereocenters. The Bertz CT molecular complexity index is 1480. The number of para-hydroxylation sites is 1. The normalized spacial score (nSPS) is 11.4. The van der Waals surface area contributed by atoms with Crippen LogP contribution in [-0.4, -0.2) is 15.3 Å². The van der Waals surface area contributed by atoms with Gasteiger partial charge in [0.05, 0.1) is 11.5 Å². The predicted octanol–water partition coefficient (Wildman–Crippen LogP) is 5.84. The molecule has 0 bridgehead atoms. The van der Waals surface area contributed by atoms with Crippen molar-refractivity contribution < 1.29 is 14.1 Å². The van der Waals surface area contributed by atoms with Crippen LogP contribution in [0.1, 0.15) is 27.2 Å². The summed E-state index contributed by atoms with van der Waals surface area (Å²) in [4.78, 5) is 23.4. The highest BCUT2D eigenvalue weighted by Crippen LogP contribution is 2.30. The van der Waals surface area contributed by atoms with Gasteiger partial charge in [0.2, 0.25) is 5.78 Å². The molecule has 1 heterocycles. The number of fused-ring (bicyclic) bond motifs is 1. The second-order valence-corrected chi connectivity index (χ2v) is 7.50. The van der Waals surface area contributed by atoms with Crippen molar-refractivity contribution in [2.24, 2.45) is 0 Å². The quantitative estimate of drug-likeness (QED) is 0.124. The van der Waals surface area contributed by atoms with E-state index in [1.54, 1.807) is 18.2 Å². The number of hydrogen-bond donors (Lipinski definition) is 0. The predicted molar refractivity (Wildman–Crippen MR) is 123 cm³/mol. The monoisotopic (exact) mass is 439 g/mol. The van der Waals surface area contributed by atoms with Crippen LogP contribution in [0.15, 0.2) is 78.4 Å². The summed E-state index contributed by atoms with van der Waals surface area (Å²) >= 11 is 0. The van der Waals surface area contributed by atoms with Crippen LogP contribution in [0.2, 0.25) is 0 Å². The van der Waals surface area contributed by atoms with Gasteiger partial charge in [-0.05, 0) is 25.1 Å². The Hall–Kier alpha value is -4.57. The first-order valence-electron chi connectivity index (χ1n) is 10.1. The van der Waals surface area contributed by atoms with E-state index in [2.05, 4.69) is 0 Å². The van der Waals surface area contributed by atoms with Gasteiger partial charge in [0, 0.05) is 45.4 Å². The number of Topliss-reactive ketones (excluding diaryl/α,β-unsaturated/α-hetero) is 1. The first kappa shape index (κ1) is 21.7. The van der Waals surface area contributed by atoms with E-state index in [0.717, 1.165) is 22.7 Å². The average Bonchev–Trinajstić information content (AvgIpc) is 3.09. The number of rotatable bonds is 6. The lowest BCUT2D eigenvalue weighted by atomic mass is 10.0. The molecule has 0 fully saturated rings. The zero-order valence-corrected chi connectivity index (χ0v) is 17.7. The Kier molecular flexibility index (Phi) is 5.83. The zero-order valence-electron chi connectivity index (χ0n) is 17.7. The van der Waals surface area contributed by atoms with Gasteiger partial charge in [0.15, 0.2) is 0 Å². The molecule has 6 nitrogen and oxygen atoms in total. The van der Waals surface area contributed by atoms with Crippen molar-refractivity contribution in [2.45, 2.75) is 13.5 Å². The molecule has 4 rings (SSSR count). The molecule has 0 spiro atoms. The molecule has 0 N–H and O–H groups in total. The highest BCUT2D eigenvalue weighted by Gasteiger charge is 2.19. The minimum Gasteiger partial charge on any atom is -0.340 e. The van der Waals surface area contributed by atoms with Gasteiger partial charge < -0.3 is 4.57 Å². The summed E-state index contributed by atoms with van der Waals surface area (Å²) < 4.78 is 16.2. The van der Waals surface area contributed by atoms with Crippen molar-refractivity contribution >= 4 is 28.4 Å². The number of nitro benzene ring substituents is 1. The molecule has 0 aliphatic rings. The summed E-state index contributed by atoms with van der Waals surface area (Å²) in [5.74, 6) is -0.920. The standard InChI is InChI=1S/C26H18FN3O3/c1-17-23(14-20(15-28)26(31)18-8-6-9-21(13-18)30(32)33)22-10-3-5-12-25(22)29(17)16-19-7-2-4-11-24(19)27/h2-14H,16H2,1H3/b20-14+. The molecule has 0 radical (unpaired) electrons. The summed E-state index contributed by atoms with van der Waals surface area (Å²) in [7, 11) is 0. The minimum atomic E-state index is -0.605. The number of hydrogen-bond acceptors (Lipinski definition) is 4. The van der Waals surface area contributed by atoms with Crippen LogP contribution in [0, 0.1) is 34.2 Å². The second-order valence-electron chi connectivity index (χ2n) is 7.50. The summed E-state index contributed by atoms with van der Waals surface area (Å²) in [6.45, 7) is 2.13. The third-order valence-corrected chi connectivity index (χ3v) is 5.54. The highest BCUT2D eigenvalue weighted by atomic mass is 19.1. The number of allylic oxidation sites excluding steroid dienone is 1. The molecular weight excluding hydrogens is 421 g/mol. The Morgan fingerprint density at radius 1 is 1.12 bits per heavy atom. The van der Waals surface area contributed by atoms with Gasteiger partial charge in [0.1, 0.15) is 17.5 Å². The fourth-order valence-electron chi connectivity index (χ4n) is 3.85. The number of carbonyl (C=O) groups is 1. The lowest BCUT2D eigenvalue weighted by Gasteiger charge is -2.09. The largest absolute Gasteiger partial charge is 0.340 e. The van der Waals surface area contributed by atoms with E-state index in [4.69, 9.17) is 0 Å². The first-order chi connectivity index (χ1) is 15.9. The number of aromatic nitrogens is 1. The smallest absolute Gasteiger partial charge is 0.270 e. The topological polar surface area (TPSA) is 88.9 Å². The molecule has 0 saturated heterocycles. The molecule has 4 aromatic rings. The van der Waals surface area contributed by atoms with Crippen molar-refractivity contribution in [1.29, 1.82) is 5.26 Å². The molecule has 0 amide bonds. The van der Waals surface area contributed by atoms with Crippen molar-refractivity contribution in [3.05, 3.63) is 117 Å². The van der Waals surface area contributed by atoms with Crippen LogP contribution in [0.4, 0.5) is 10.1 Å². The SMILES string of the molecule is Cc1c(/C=C(\C#N)C(=O)c2cccc([N+](=O)[O-])c2)c2ccccc2n1Cc1ccccc1F. The number of nitro groups is 1. The third kappa shape index (κ3) is 4.14. The van der Waals surface area contributed by atoms with E-state index in [-0.39, 0.29) is 29.2 Å². The summed E-state index contributed by atoms with van der Waals surface area (Å²) in [6, 6.07) is 21.2. The van der Waals surface area contributed by atoms with Gasteiger partial charge in [-0.2, -0.15) is 5.26 Å². The van der Waals surface area contributed by atoms with Crippen LogP contribution in [0.25, 0.3) is 17.0 Å². The van der Waals surface area contributed by atoms with Gasteiger partial charge in [0.25, 0.3) is 5.69 Å². The molecule has 1 aromatic heterocycles. The van der Waals surface area contributed by atoms with Crippen LogP contribution in [0.3, 0.4) is 0 Å². The van der Waals surface area contributed by atoms with E-state index in [9.17, 15) is 24.6 Å². The Labute approximate surface area is 189 Å². The number of nitriles is 1. The molecule has 7 heteroatoms. The maximum atomic E-state index is 14.3. The zero-order chi connectivity index (χ0) is 23.5. The highest BCUT2D eigenvalue weighted by molar-refractivity contribution is 6.15. The summed E-state index contributed by atoms with van der Waals surface area (Å²) in [6.07, 6.45) is 1.50. The molecule has 162 valence electrons.